The first-order valence-corrected chi connectivity index (χ1v) is 9.37. The average molecular weight is 393 g/mol. The summed E-state index contributed by atoms with van der Waals surface area (Å²) in [5.41, 5.74) is 1.57. The average Bonchev–Trinajstić information content (AvgIpc) is 3.18. The molecule has 4 aromatic rings. The van der Waals surface area contributed by atoms with Gasteiger partial charge in [0.2, 0.25) is 0 Å². The third kappa shape index (κ3) is 3.57. The molecule has 7 heteroatoms. The summed E-state index contributed by atoms with van der Waals surface area (Å²) in [6, 6.07) is 15.4. The molecule has 0 N–H and O–H groups in total. The van der Waals surface area contributed by atoms with Crippen molar-refractivity contribution in [3.8, 4) is 5.75 Å². The summed E-state index contributed by atoms with van der Waals surface area (Å²) in [6.45, 7) is 0.269. The highest BCUT2D eigenvalue weighted by atomic mass is 32.1. The monoisotopic (exact) mass is 393 g/mol. The quantitative estimate of drug-likeness (QED) is 0.494. The smallest absolute Gasteiger partial charge is 0.260 e. The Morgan fingerprint density at radius 2 is 2.04 bits per heavy atom. The molecule has 0 atom stereocenters. The van der Waals surface area contributed by atoms with Crippen LogP contribution in [0.25, 0.3) is 10.2 Å². The molecule has 0 aliphatic carbocycles. The van der Waals surface area contributed by atoms with E-state index in [0.717, 1.165) is 5.56 Å². The van der Waals surface area contributed by atoms with Crippen LogP contribution in [-0.2, 0) is 6.54 Å². The van der Waals surface area contributed by atoms with Gasteiger partial charge in [0.05, 0.1) is 18.4 Å². The van der Waals surface area contributed by atoms with E-state index in [2.05, 4.69) is 9.97 Å². The van der Waals surface area contributed by atoms with Crippen LogP contribution in [0, 0.1) is 5.82 Å². The van der Waals surface area contributed by atoms with Crippen LogP contribution in [0.4, 0.5) is 9.52 Å². The van der Waals surface area contributed by atoms with Gasteiger partial charge in [0, 0.05) is 18.0 Å². The molecule has 0 unspecified atom stereocenters. The van der Waals surface area contributed by atoms with E-state index in [-0.39, 0.29) is 18.0 Å². The number of ether oxygens (including phenoxy) is 1. The Morgan fingerprint density at radius 3 is 2.79 bits per heavy atom. The number of amides is 1. The third-order valence-electron chi connectivity index (χ3n) is 4.21. The topological polar surface area (TPSA) is 55.3 Å². The molecule has 2 aromatic carbocycles. The first-order valence-electron chi connectivity index (χ1n) is 8.55. The van der Waals surface area contributed by atoms with Crippen LogP contribution in [0.1, 0.15) is 15.9 Å². The molecule has 1 amide bonds. The Bertz CT molecular complexity index is 1130. The van der Waals surface area contributed by atoms with Gasteiger partial charge in [0.15, 0.2) is 5.13 Å². The van der Waals surface area contributed by atoms with Crippen LogP contribution in [0.2, 0.25) is 0 Å². The van der Waals surface area contributed by atoms with Crippen LogP contribution >= 0.6 is 11.3 Å². The number of carbonyl (C=O) groups is 1. The van der Waals surface area contributed by atoms with Crippen LogP contribution in [0.5, 0.6) is 5.75 Å². The van der Waals surface area contributed by atoms with Gasteiger partial charge in [-0.05, 0) is 42.0 Å². The lowest BCUT2D eigenvalue weighted by atomic mass is 10.1. The summed E-state index contributed by atoms with van der Waals surface area (Å²) in [5, 5.41) is 0.428. The number of halogens is 1. The summed E-state index contributed by atoms with van der Waals surface area (Å²) in [7, 11) is 1.55. The SMILES string of the molecule is COc1cccc(C(=O)N(Cc2cccnc2)c2nc3c(F)cccc3s2)c1. The minimum absolute atomic E-state index is 0.248. The van der Waals surface area contributed by atoms with Crippen LogP contribution in [0.3, 0.4) is 0 Å². The first-order chi connectivity index (χ1) is 13.7. The number of hydrogen-bond acceptors (Lipinski definition) is 5. The highest BCUT2D eigenvalue weighted by molar-refractivity contribution is 7.22. The number of thiazole rings is 1. The van der Waals surface area contributed by atoms with E-state index in [9.17, 15) is 9.18 Å². The van der Waals surface area contributed by atoms with Gasteiger partial charge in [0.25, 0.3) is 5.91 Å². The molecule has 0 aliphatic heterocycles. The highest BCUT2D eigenvalue weighted by Crippen LogP contribution is 2.32. The van der Waals surface area contributed by atoms with Crippen molar-refractivity contribution in [2.24, 2.45) is 0 Å². The Labute approximate surface area is 165 Å². The molecule has 0 aliphatic rings. The van der Waals surface area contributed by atoms with E-state index in [1.807, 2.05) is 12.1 Å². The molecule has 4 rings (SSSR count). The second kappa shape index (κ2) is 7.74. The van der Waals surface area contributed by atoms with Crippen molar-refractivity contribution < 1.29 is 13.9 Å². The normalized spacial score (nSPS) is 10.8. The number of methoxy groups -OCH3 is 1. The number of pyridine rings is 1. The molecule has 5 nitrogen and oxygen atoms in total. The lowest BCUT2D eigenvalue weighted by Crippen LogP contribution is -2.30. The predicted molar refractivity (Wildman–Crippen MR) is 107 cm³/mol. The van der Waals surface area contributed by atoms with Crippen molar-refractivity contribution in [3.05, 3.63) is 83.9 Å². The largest absolute Gasteiger partial charge is 0.497 e. The van der Waals surface area contributed by atoms with Crippen LogP contribution < -0.4 is 9.64 Å². The summed E-state index contributed by atoms with van der Waals surface area (Å²) >= 11 is 1.27. The molecule has 0 spiro atoms. The minimum atomic E-state index is -0.407. The molecule has 2 aromatic heterocycles. The molecule has 0 fully saturated rings. The van der Waals surface area contributed by atoms with Gasteiger partial charge in [-0.1, -0.05) is 29.5 Å². The number of nitrogens with zero attached hydrogens (tertiary/aromatic N) is 3. The van der Waals surface area contributed by atoms with E-state index in [1.165, 1.54) is 22.3 Å². The van der Waals surface area contributed by atoms with Gasteiger partial charge in [-0.3, -0.25) is 14.7 Å². The van der Waals surface area contributed by atoms with Gasteiger partial charge in [0.1, 0.15) is 17.1 Å². The van der Waals surface area contributed by atoms with E-state index in [1.54, 1.807) is 55.9 Å². The zero-order valence-electron chi connectivity index (χ0n) is 15.0. The molecule has 140 valence electrons. The number of para-hydroxylation sites is 1. The summed E-state index contributed by atoms with van der Waals surface area (Å²) < 4.78 is 20.0. The van der Waals surface area contributed by atoms with Gasteiger partial charge < -0.3 is 4.74 Å². The fraction of sp³-hybridized carbons (Fsp3) is 0.0952. The van der Waals surface area contributed by atoms with Gasteiger partial charge in [-0.25, -0.2) is 9.37 Å². The van der Waals surface area contributed by atoms with E-state index in [0.29, 0.717) is 21.1 Å². The summed E-state index contributed by atoms with van der Waals surface area (Å²) in [5.74, 6) is -0.0695. The second-order valence-electron chi connectivity index (χ2n) is 6.07. The maximum atomic E-state index is 14.1. The lowest BCUT2D eigenvalue weighted by molar-refractivity contribution is 0.0984. The van der Waals surface area contributed by atoms with Crippen molar-refractivity contribution in [2.45, 2.75) is 6.54 Å². The van der Waals surface area contributed by atoms with Crippen LogP contribution in [-0.4, -0.2) is 23.0 Å². The molecule has 0 saturated heterocycles. The van der Waals surface area contributed by atoms with E-state index < -0.39 is 5.82 Å². The number of aromatic nitrogens is 2. The molecule has 0 bridgehead atoms. The molecule has 0 radical (unpaired) electrons. The van der Waals surface area contributed by atoms with Gasteiger partial charge >= 0.3 is 0 Å². The van der Waals surface area contributed by atoms with Crippen molar-refractivity contribution in [1.29, 1.82) is 0 Å². The maximum absolute atomic E-state index is 14.1. The number of carbonyl (C=O) groups excluding carboxylic acids is 1. The lowest BCUT2D eigenvalue weighted by Gasteiger charge is -2.20. The first kappa shape index (κ1) is 18.1. The Hall–Kier alpha value is -3.32. The van der Waals surface area contributed by atoms with Crippen molar-refractivity contribution in [2.75, 3.05) is 12.0 Å². The number of fused-ring (bicyclic) bond motifs is 1. The van der Waals surface area contributed by atoms with Crippen molar-refractivity contribution >= 4 is 32.6 Å². The minimum Gasteiger partial charge on any atom is -0.497 e. The zero-order chi connectivity index (χ0) is 19.5. The Balaban J connectivity index is 1.78. The second-order valence-corrected chi connectivity index (χ2v) is 7.08. The molecule has 28 heavy (non-hydrogen) atoms. The predicted octanol–water partition coefficient (Wildman–Crippen LogP) is 4.69. The molecular weight excluding hydrogens is 377 g/mol. The molecular formula is C21H16FN3O2S. The standard InChI is InChI=1S/C21H16FN3O2S/c1-27-16-7-2-6-15(11-16)20(26)25(13-14-5-4-10-23-12-14)21-24-19-17(22)8-3-9-18(19)28-21/h2-12H,13H2,1H3. The number of hydrogen-bond donors (Lipinski definition) is 0. The summed E-state index contributed by atoms with van der Waals surface area (Å²) in [4.78, 5) is 23.3. The fourth-order valence-corrected chi connectivity index (χ4v) is 3.81. The van der Waals surface area contributed by atoms with Gasteiger partial charge in [-0.15, -0.1) is 0 Å². The van der Waals surface area contributed by atoms with E-state index >= 15 is 0 Å². The number of benzene rings is 2. The van der Waals surface area contributed by atoms with Crippen LogP contribution in [0.15, 0.2) is 67.0 Å². The molecule has 0 saturated carbocycles. The third-order valence-corrected chi connectivity index (χ3v) is 5.26. The fourth-order valence-electron chi connectivity index (χ4n) is 2.83. The number of rotatable bonds is 5. The van der Waals surface area contributed by atoms with Gasteiger partial charge in [-0.2, -0.15) is 0 Å². The zero-order valence-corrected chi connectivity index (χ0v) is 15.8. The van der Waals surface area contributed by atoms with E-state index in [4.69, 9.17) is 4.74 Å². The Kier molecular flexibility index (Phi) is 4.99. The van der Waals surface area contributed by atoms with Crippen molar-refractivity contribution in [3.63, 3.8) is 0 Å². The Morgan fingerprint density at radius 1 is 1.18 bits per heavy atom. The maximum Gasteiger partial charge on any atom is 0.260 e. The highest BCUT2D eigenvalue weighted by Gasteiger charge is 2.23. The molecule has 2 heterocycles. The van der Waals surface area contributed by atoms with Crippen molar-refractivity contribution in [1.82, 2.24) is 9.97 Å². The number of anilines is 1. The summed E-state index contributed by atoms with van der Waals surface area (Å²) in [6.07, 6.45) is 3.37.